The minimum absolute atomic E-state index is 0.0125. The van der Waals surface area contributed by atoms with Crippen molar-refractivity contribution >= 4 is 17.5 Å². The van der Waals surface area contributed by atoms with Crippen LogP contribution in [0.1, 0.15) is 49.4 Å². The minimum Gasteiger partial charge on any atom is -0.496 e. The predicted molar refractivity (Wildman–Crippen MR) is 145 cm³/mol. The molecule has 1 saturated heterocycles. The van der Waals surface area contributed by atoms with Gasteiger partial charge in [-0.3, -0.25) is 14.5 Å². The molecule has 1 saturated carbocycles. The van der Waals surface area contributed by atoms with Crippen LogP contribution in [0.3, 0.4) is 0 Å². The highest BCUT2D eigenvalue weighted by Gasteiger charge is 2.37. The number of aromatic nitrogens is 1. The molecule has 5 rings (SSSR count). The monoisotopic (exact) mass is 521 g/mol. The SMILES string of the molecule is COc1ccccc1C1CC(c2cccn2C)=NN1C(=O)CN(CCN1CCOCC1)C(=O)C1CCCC1. The summed E-state index contributed by atoms with van der Waals surface area (Å²) in [6.07, 6.45) is 6.53. The highest BCUT2D eigenvalue weighted by molar-refractivity contribution is 6.02. The van der Waals surface area contributed by atoms with E-state index in [-0.39, 0.29) is 30.3 Å². The van der Waals surface area contributed by atoms with Crippen LogP contribution >= 0.6 is 0 Å². The Balaban J connectivity index is 1.39. The Morgan fingerprint density at radius 1 is 1.11 bits per heavy atom. The Hall–Kier alpha value is -3.17. The second-order valence-electron chi connectivity index (χ2n) is 10.4. The van der Waals surface area contributed by atoms with Crippen LogP contribution in [-0.4, -0.2) is 89.9 Å². The lowest BCUT2D eigenvalue weighted by molar-refractivity contribution is -0.144. The molecule has 3 heterocycles. The molecule has 2 aromatic rings. The van der Waals surface area contributed by atoms with Crippen LogP contribution in [0.5, 0.6) is 5.75 Å². The number of para-hydroxylation sites is 1. The van der Waals surface area contributed by atoms with Gasteiger partial charge >= 0.3 is 0 Å². The third-order valence-electron chi connectivity index (χ3n) is 8.04. The number of carbonyl (C=O) groups is 2. The number of rotatable bonds is 9. The van der Waals surface area contributed by atoms with Gasteiger partial charge in [0, 0.05) is 57.3 Å². The van der Waals surface area contributed by atoms with E-state index in [4.69, 9.17) is 14.6 Å². The molecule has 0 bridgehead atoms. The van der Waals surface area contributed by atoms with E-state index < -0.39 is 0 Å². The Bertz CT molecular complexity index is 1150. The van der Waals surface area contributed by atoms with E-state index in [0.29, 0.717) is 26.2 Å². The molecule has 1 atom stereocenters. The fourth-order valence-corrected chi connectivity index (χ4v) is 5.86. The smallest absolute Gasteiger partial charge is 0.262 e. The molecule has 2 fully saturated rings. The van der Waals surface area contributed by atoms with Crippen molar-refractivity contribution in [3.63, 3.8) is 0 Å². The molecular formula is C29H39N5O4. The molecule has 204 valence electrons. The number of nitrogens with zero attached hydrogens (tertiary/aromatic N) is 5. The number of aryl methyl sites for hydroxylation is 1. The quantitative estimate of drug-likeness (QED) is 0.507. The van der Waals surface area contributed by atoms with Gasteiger partial charge in [-0.05, 0) is 31.0 Å². The van der Waals surface area contributed by atoms with Gasteiger partial charge in [0.15, 0.2) is 0 Å². The predicted octanol–water partition coefficient (Wildman–Crippen LogP) is 3.06. The zero-order valence-corrected chi connectivity index (χ0v) is 22.6. The standard InChI is InChI=1S/C29H39N5O4/c1-31-13-7-11-25(31)24-20-26(23-10-5-6-12-27(23)37-2)34(30-24)28(35)21-33(29(36)22-8-3-4-9-22)15-14-32-16-18-38-19-17-32/h5-7,10-13,22,26H,3-4,8-9,14-21H2,1-2H3. The third kappa shape index (κ3) is 5.78. The zero-order valence-electron chi connectivity index (χ0n) is 22.6. The molecule has 0 radical (unpaired) electrons. The first kappa shape index (κ1) is 26.4. The number of carbonyl (C=O) groups excluding carboxylic acids is 2. The first-order valence-corrected chi connectivity index (χ1v) is 13.8. The van der Waals surface area contributed by atoms with Crippen molar-refractivity contribution < 1.29 is 19.1 Å². The molecular weight excluding hydrogens is 482 g/mol. The van der Waals surface area contributed by atoms with Gasteiger partial charge in [0.25, 0.3) is 5.91 Å². The highest BCUT2D eigenvalue weighted by atomic mass is 16.5. The van der Waals surface area contributed by atoms with Crippen LogP contribution in [0.15, 0.2) is 47.7 Å². The maximum Gasteiger partial charge on any atom is 0.262 e. The number of ether oxygens (including phenoxy) is 2. The molecule has 0 spiro atoms. The van der Waals surface area contributed by atoms with E-state index in [9.17, 15) is 9.59 Å². The second kappa shape index (κ2) is 12.1. The molecule has 1 aromatic heterocycles. The maximum absolute atomic E-state index is 14.0. The summed E-state index contributed by atoms with van der Waals surface area (Å²) in [5.41, 5.74) is 2.74. The summed E-state index contributed by atoms with van der Waals surface area (Å²) < 4.78 is 13.2. The lowest BCUT2D eigenvalue weighted by Crippen LogP contribution is -2.48. The normalized spacial score (nSPS) is 20.5. The first-order chi connectivity index (χ1) is 18.5. The van der Waals surface area contributed by atoms with E-state index >= 15 is 0 Å². The number of hydrazone groups is 1. The van der Waals surface area contributed by atoms with E-state index in [2.05, 4.69) is 4.90 Å². The highest BCUT2D eigenvalue weighted by Crippen LogP contribution is 2.37. The average Bonchev–Trinajstić information content (AvgIpc) is 3.72. The summed E-state index contributed by atoms with van der Waals surface area (Å²) in [5, 5.41) is 6.43. The molecule has 0 N–H and O–H groups in total. The summed E-state index contributed by atoms with van der Waals surface area (Å²) in [5.74, 6) is 0.672. The van der Waals surface area contributed by atoms with Crippen LogP contribution in [0, 0.1) is 5.92 Å². The summed E-state index contributed by atoms with van der Waals surface area (Å²) in [4.78, 5) is 31.6. The molecule has 1 unspecified atom stereocenters. The first-order valence-electron chi connectivity index (χ1n) is 13.8. The molecule has 1 aliphatic carbocycles. The average molecular weight is 522 g/mol. The van der Waals surface area contributed by atoms with Gasteiger partial charge in [-0.2, -0.15) is 5.10 Å². The Labute approximate surface area is 225 Å². The zero-order chi connectivity index (χ0) is 26.5. The lowest BCUT2D eigenvalue weighted by Gasteiger charge is -2.32. The van der Waals surface area contributed by atoms with Crippen molar-refractivity contribution in [3.8, 4) is 5.75 Å². The molecule has 2 aliphatic heterocycles. The van der Waals surface area contributed by atoms with Gasteiger partial charge < -0.3 is 18.9 Å². The van der Waals surface area contributed by atoms with Crippen molar-refractivity contribution in [1.29, 1.82) is 0 Å². The summed E-state index contributed by atoms with van der Waals surface area (Å²) in [7, 11) is 3.63. The Morgan fingerprint density at radius 3 is 2.58 bits per heavy atom. The summed E-state index contributed by atoms with van der Waals surface area (Å²) in [6.45, 7) is 4.42. The van der Waals surface area contributed by atoms with Crippen LogP contribution in [-0.2, 0) is 21.4 Å². The van der Waals surface area contributed by atoms with Crippen molar-refractivity contribution in [2.75, 3.05) is 53.0 Å². The molecule has 1 aromatic carbocycles. The Morgan fingerprint density at radius 2 is 1.87 bits per heavy atom. The van der Waals surface area contributed by atoms with Gasteiger partial charge in [0.2, 0.25) is 5.91 Å². The molecule has 9 heteroatoms. The Kier molecular flexibility index (Phi) is 8.44. The summed E-state index contributed by atoms with van der Waals surface area (Å²) >= 11 is 0. The maximum atomic E-state index is 14.0. The van der Waals surface area contributed by atoms with Gasteiger partial charge in [0.05, 0.1) is 37.8 Å². The summed E-state index contributed by atoms with van der Waals surface area (Å²) in [6, 6.07) is 11.5. The van der Waals surface area contributed by atoms with Crippen LogP contribution in [0.25, 0.3) is 0 Å². The van der Waals surface area contributed by atoms with E-state index in [1.54, 1.807) is 17.0 Å². The number of hydrogen-bond acceptors (Lipinski definition) is 6. The number of morpholine rings is 1. The van der Waals surface area contributed by atoms with Gasteiger partial charge in [-0.1, -0.05) is 31.0 Å². The topological polar surface area (TPSA) is 79.6 Å². The second-order valence-corrected chi connectivity index (χ2v) is 10.4. The van der Waals surface area contributed by atoms with Crippen LogP contribution in [0.4, 0.5) is 0 Å². The number of methoxy groups -OCH3 is 1. The number of amides is 2. The minimum atomic E-state index is -0.300. The van der Waals surface area contributed by atoms with Crippen molar-refractivity contribution in [3.05, 3.63) is 53.9 Å². The fraction of sp³-hybridized carbons (Fsp3) is 0.552. The molecule has 9 nitrogen and oxygen atoms in total. The van der Waals surface area contributed by atoms with Crippen LogP contribution in [0.2, 0.25) is 0 Å². The van der Waals surface area contributed by atoms with Crippen molar-refractivity contribution in [2.24, 2.45) is 18.1 Å². The van der Waals surface area contributed by atoms with Crippen LogP contribution < -0.4 is 4.74 Å². The largest absolute Gasteiger partial charge is 0.496 e. The van der Waals surface area contributed by atoms with Gasteiger partial charge in [-0.15, -0.1) is 0 Å². The number of benzene rings is 1. The molecule has 3 aliphatic rings. The molecule has 38 heavy (non-hydrogen) atoms. The van der Waals surface area contributed by atoms with E-state index in [1.165, 1.54) is 0 Å². The van der Waals surface area contributed by atoms with Crippen molar-refractivity contribution in [2.45, 2.75) is 38.1 Å². The van der Waals surface area contributed by atoms with Gasteiger partial charge in [-0.25, -0.2) is 5.01 Å². The number of hydrogen-bond donors (Lipinski definition) is 0. The fourth-order valence-electron chi connectivity index (χ4n) is 5.86. The van der Waals surface area contributed by atoms with E-state index in [0.717, 1.165) is 68.0 Å². The van der Waals surface area contributed by atoms with Gasteiger partial charge in [0.1, 0.15) is 12.3 Å². The third-order valence-corrected chi connectivity index (χ3v) is 8.04. The molecule has 2 amide bonds. The van der Waals surface area contributed by atoms with E-state index in [1.807, 2.05) is 54.2 Å². The lowest BCUT2D eigenvalue weighted by atomic mass is 9.99. The van der Waals surface area contributed by atoms with Crippen molar-refractivity contribution in [1.82, 2.24) is 19.4 Å².